The van der Waals surface area contributed by atoms with Crippen LogP contribution in [0.15, 0.2) is 18.5 Å². The van der Waals surface area contributed by atoms with Crippen molar-refractivity contribution in [3.8, 4) is 0 Å². The Balaban J connectivity index is 2.89. The Morgan fingerprint density at radius 1 is 1.29 bits per heavy atom. The van der Waals surface area contributed by atoms with E-state index < -0.39 is 0 Å². The number of nitrogens with one attached hydrogen (secondary N) is 1. The molecule has 0 aliphatic carbocycles. The maximum absolute atomic E-state index is 4.29. The molecule has 3 heteroatoms. The number of hydrogen-bond donors (Lipinski definition) is 1. The van der Waals surface area contributed by atoms with E-state index in [9.17, 15) is 0 Å². The monoisotopic (exact) mass is 193 g/mol. The topological polar surface area (TPSA) is 37.8 Å². The highest BCUT2D eigenvalue weighted by molar-refractivity contribution is 5.00. The molecule has 0 bridgehead atoms. The van der Waals surface area contributed by atoms with Crippen LogP contribution in [0.25, 0.3) is 0 Å². The number of aromatic nitrogens is 2. The SMILES string of the molecule is CCNC(c1ncccn1)C(C)(C)C. The lowest BCUT2D eigenvalue weighted by molar-refractivity contribution is 0.265. The lowest BCUT2D eigenvalue weighted by atomic mass is 9.86. The fourth-order valence-electron chi connectivity index (χ4n) is 1.45. The van der Waals surface area contributed by atoms with Crippen molar-refractivity contribution in [1.29, 1.82) is 0 Å². The van der Waals surface area contributed by atoms with Crippen LogP contribution in [0.3, 0.4) is 0 Å². The number of nitrogens with zero attached hydrogens (tertiary/aromatic N) is 2. The van der Waals surface area contributed by atoms with Gasteiger partial charge in [-0.3, -0.25) is 0 Å². The summed E-state index contributed by atoms with van der Waals surface area (Å²) < 4.78 is 0. The molecule has 1 atom stereocenters. The van der Waals surface area contributed by atoms with E-state index in [2.05, 4.69) is 43.0 Å². The van der Waals surface area contributed by atoms with Crippen LogP contribution in [-0.4, -0.2) is 16.5 Å². The van der Waals surface area contributed by atoms with Gasteiger partial charge in [-0.05, 0) is 18.0 Å². The van der Waals surface area contributed by atoms with Gasteiger partial charge in [0.2, 0.25) is 0 Å². The highest BCUT2D eigenvalue weighted by atomic mass is 15.0. The van der Waals surface area contributed by atoms with Gasteiger partial charge >= 0.3 is 0 Å². The molecule has 3 nitrogen and oxygen atoms in total. The standard InChI is InChI=1S/C11H19N3/c1-5-12-9(11(2,3)4)10-13-7-6-8-14-10/h6-9,12H,5H2,1-4H3. The Morgan fingerprint density at radius 2 is 1.86 bits per heavy atom. The average molecular weight is 193 g/mol. The van der Waals surface area contributed by atoms with Crippen LogP contribution >= 0.6 is 0 Å². The van der Waals surface area contributed by atoms with E-state index in [1.165, 1.54) is 0 Å². The van der Waals surface area contributed by atoms with Gasteiger partial charge in [0.15, 0.2) is 0 Å². The van der Waals surface area contributed by atoms with Gasteiger partial charge in [0, 0.05) is 12.4 Å². The van der Waals surface area contributed by atoms with Gasteiger partial charge in [-0.15, -0.1) is 0 Å². The van der Waals surface area contributed by atoms with Crippen LogP contribution in [0, 0.1) is 5.41 Å². The molecule has 1 N–H and O–H groups in total. The summed E-state index contributed by atoms with van der Waals surface area (Å²) in [7, 11) is 0. The van der Waals surface area contributed by atoms with Crippen molar-refractivity contribution in [3.05, 3.63) is 24.3 Å². The molecule has 1 unspecified atom stereocenters. The predicted molar refractivity (Wildman–Crippen MR) is 57.9 cm³/mol. The van der Waals surface area contributed by atoms with Gasteiger partial charge in [0.05, 0.1) is 6.04 Å². The molecule has 1 aromatic heterocycles. The molecule has 1 aromatic rings. The molecule has 0 fully saturated rings. The zero-order valence-electron chi connectivity index (χ0n) is 9.41. The Labute approximate surface area is 86.0 Å². The average Bonchev–Trinajstić information content (AvgIpc) is 2.14. The summed E-state index contributed by atoms with van der Waals surface area (Å²) in [5, 5.41) is 3.41. The van der Waals surface area contributed by atoms with E-state index in [4.69, 9.17) is 0 Å². The van der Waals surface area contributed by atoms with Crippen molar-refractivity contribution < 1.29 is 0 Å². The van der Waals surface area contributed by atoms with E-state index >= 15 is 0 Å². The van der Waals surface area contributed by atoms with Crippen molar-refractivity contribution in [2.75, 3.05) is 6.54 Å². The fraction of sp³-hybridized carbons (Fsp3) is 0.636. The second kappa shape index (κ2) is 4.51. The molecule has 0 radical (unpaired) electrons. The van der Waals surface area contributed by atoms with Crippen molar-refractivity contribution in [3.63, 3.8) is 0 Å². The maximum atomic E-state index is 4.29. The van der Waals surface area contributed by atoms with E-state index in [0.717, 1.165) is 12.4 Å². The molecule has 78 valence electrons. The van der Waals surface area contributed by atoms with Crippen LogP contribution in [0.4, 0.5) is 0 Å². The third-order valence-electron chi connectivity index (χ3n) is 2.12. The zero-order valence-corrected chi connectivity index (χ0v) is 9.41. The highest BCUT2D eigenvalue weighted by Crippen LogP contribution is 2.30. The van der Waals surface area contributed by atoms with E-state index in [0.29, 0.717) is 0 Å². The molecule has 0 spiro atoms. The smallest absolute Gasteiger partial charge is 0.145 e. The summed E-state index contributed by atoms with van der Waals surface area (Å²) in [6.45, 7) is 9.60. The third-order valence-corrected chi connectivity index (χ3v) is 2.12. The Bertz CT molecular complexity index is 264. The van der Waals surface area contributed by atoms with Gasteiger partial charge in [-0.1, -0.05) is 27.7 Å². The molecule has 0 aliphatic rings. The Morgan fingerprint density at radius 3 is 2.29 bits per heavy atom. The van der Waals surface area contributed by atoms with Gasteiger partial charge in [0.1, 0.15) is 5.82 Å². The largest absolute Gasteiger partial charge is 0.307 e. The molecule has 0 saturated heterocycles. The van der Waals surface area contributed by atoms with Crippen LogP contribution in [-0.2, 0) is 0 Å². The fourth-order valence-corrected chi connectivity index (χ4v) is 1.45. The number of hydrogen-bond acceptors (Lipinski definition) is 3. The van der Waals surface area contributed by atoms with Gasteiger partial charge in [-0.25, -0.2) is 9.97 Å². The lowest BCUT2D eigenvalue weighted by Gasteiger charge is -2.29. The molecule has 14 heavy (non-hydrogen) atoms. The molecular weight excluding hydrogens is 174 g/mol. The van der Waals surface area contributed by atoms with Crippen LogP contribution < -0.4 is 5.32 Å². The second-order valence-electron chi connectivity index (χ2n) is 4.46. The molecule has 0 amide bonds. The maximum Gasteiger partial charge on any atom is 0.145 e. The molecule has 1 heterocycles. The minimum absolute atomic E-state index is 0.136. The molecule has 0 aromatic carbocycles. The first-order valence-electron chi connectivity index (χ1n) is 5.06. The second-order valence-corrected chi connectivity index (χ2v) is 4.46. The Kier molecular flexibility index (Phi) is 3.58. The minimum atomic E-state index is 0.136. The summed E-state index contributed by atoms with van der Waals surface area (Å²) in [5.41, 5.74) is 0.136. The Hall–Kier alpha value is -0.960. The summed E-state index contributed by atoms with van der Waals surface area (Å²) in [6.07, 6.45) is 3.58. The summed E-state index contributed by atoms with van der Waals surface area (Å²) in [4.78, 5) is 8.58. The highest BCUT2D eigenvalue weighted by Gasteiger charge is 2.27. The molecule has 1 rings (SSSR count). The van der Waals surface area contributed by atoms with E-state index in [1.807, 2.05) is 6.07 Å². The summed E-state index contributed by atoms with van der Waals surface area (Å²) >= 11 is 0. The molecule has 0 saturated carbocycles. The van der Waals surface area contributed by atoms with Gasteiger partial charge < -0.3 is 5.32 Å². The number of rotatable bonds is 3. The van der Waals surface area contributed by atoms with Gasteiger partial charge in [0.25, 0.3) is 0 Å². The van der Waals surface area contributed by atoms with Crippen LogP contribution in [0.5, 0.6) is 0 Å². The van der Waals surface area contributed by atoms with Crippen molar-refractivity contribution in [2.45, 2.75) is 33.7 Å². The van der Waals surface area contributed by atoms with E-state index in [-0.39, 0.29) is 11.5 Å². The molecular formula is C11H19N3. The van der Waals surface area contributed by atoms with Crippen LogP contribution in [0.2, 0.25) is 0 Å². The first-order valence-corrected chi connectivity index (χ1v) is 5.06. The quantitative estimate of drug-likeness (QED) is 0.799. The summed E-state index contributed by atoms with van der Waals surface area (Å²) in [5.74, 6) is 0.877. The van der Waals surface area contributed by atoms with Crippen molar-refractivity contribution in [1.82, 2.24) is 15.3 Å². The first-order chi connectivity index (χ1) is 6.55. The van der Waals surface area contributed by atoms with E-state index in [1.54, 1.807) is 12.4 Å². The zero-order chi connectivity index (χ0) is 10.6. The predicted octanol–water partition coefficient (Wildman–Crippen LogP) is 2.17. The normalized spacial score (nSPS) is 14.0. The third kappa shape index (κ3) is 2.77. The minimum Gasteiger partial charge on any atom is -0.307 e. The first kappa shape index (κ1) is 11.1. The van der Waals surface area contributed by atoms with Crippen molar-refractivity contribution >= 4 is 0 Å². The summed E-state index contributed by atoms with van der Waals surface area (Å²) in [6, 6.07) is 2.06. The van der Waals surface area contributed by atoms with Crippen LogP contribution in [0.1, 0.15) is 39.6 Å². The van der Waals surface area contributed by atoms with Gasteiger partial charge in [-0.2, -0.15) is 0 Å². The molecule has 0 aliphatic heterocycles. The lowest BCUT2D eigenvalue weighted by Crippen LogP contribution is -2.33. The van der Waals surface area contributed by atoms with Crippen molar-refractivity contribution in [2.24, 2.45) is 5.41 Å².